The lowest BCUT2D eigenvalue weighted by atomic mass is 10.3. The van der Waals surface area contributed by atoms with Crippen molar-refractivity contribution in [2.45, 2.75) is 9.56 Å². The molecule has 0 aliphatic rings. The highest BCUT2D eigenvalue weighted by Crippen LogP contribution is 2.32. The molecule has 0 atom stereocenters. The topological polar surface area (TPSA) is 73.1 Å². The molecule has 0 aliphatic heterocycles. The van der Waals surface area contributed by atoms with Crippen LogP contribution in [-0.4, -0.2) is 35.4 Å². The van der Waals surface area contributed by atoms with Gasteiger partial charge in [-0.15, -0.1) is 10.2 Å². The smallest absolute Gasteiger partial charge is 0.264 e. The Morgan fingerprint density at radius 1 is 1.35 bits per heavy atom. The maximum atomic E-state index is 5.63. The van der Waals surface area contributed by atoms with Crippen molar-refractivity contribution in [1.29, 1.82) is 0 Å². The standard InChI is InChI=1S/C12H12N4O2S2/c1-17-7-6-13-10-15-16-12(19-10)20-11-14-8-4-2-3-5-9(8)18-11/h2-5H,6-7H2,1H3,(H,13,15). The minimum Gasteiger partial charge on any atom is -0.431 e. The summed E-state index contributed by atoms with van der Waals surface area (Å²) in [6.07, 6.45) is 0. The lowest BCUT2D eigenvalue weighted by Crippen LogP contribution is -2.06. The van der Waals surface area contributed by atoms with Gasteiger partial charge in [-0.3, -0.25) is 0 Å². The Kier molecular flexibility index (Phi) is 4.14. The van der Waals surface area contributed by atoms with Crippen molar-refractivity contribution in [3.8, 4) is 0 Å². The van der Waals surface area contributed by atoms with Gasteiger partial charge in [0.25, 0.3) is 5.22 Å². The molecule has 3 aromatic rings. The van der Waals surface area contributed by atoms with Crippen LogP contribution in [0.15, 0.2) is 38.2 Å². The van der Waals surface area contributed by atoms with E-state index in [1.807, 2.05) is 24.3 Å². The largest absolute Gasteiger partial charge is 0.431 e. The molecule has 20 heavy (non-hydrogen) atoms. The zero-order valence-electron chi connectivity index (χ0n) is 10.7. The number of hydrogen-bond donors (Lipinski definition) is 1. The Morgan fingerprint density at radius 3 is 3.10 bits per heavy atom. The minimum atomic E-state index is 0.575. The van der Waals surface area contributed by atoms with E-state index in [1.54, 1.807) is 7.11 Å². The van der Waals surface area contributed by atoms with Crippen LogP contribution in [0.3, 0.4) is 0 Å². The number of benzene rings is 1. The summed E-state index contributed by atoms with van der Waals surface area (Å²) < 4.78 is 11.4. The van der Waals surface area contributed by atoms with Crippen LogP contribution < -0.4 is 5.32 Å². The van der Waals surface area contributed by atoms with Gasteiger partial charge in [-0.2, -0.15) is 0 Å². The van der Waals surface area contributed by atoms with E-state index < -0.39 is 0 Å². The molecule has 1 aromatic carbocycles. The Morgan fingerprint density at radius 2 is 2.25 bits per heavy atom. The normalized spacial score (nSPS) is 11.1. The highest BCUT2D eigenvalue weighted by atomic mass is 32.2. The highest BCUT2D eigenvalue weighted by molar-refractivity contribution is 8.00. The molecule has 104 valence electrons. The summed E-state index contributed by atoms with van der Waals surface area (Å²) in [7, 11) is 1.66. The predicted molar refractivity (Wildman–Crippen MR) is 78.4 cm³/mol. The average Bonchev–Trinajstić information content (AvgIpc) is 3.05. The molecule has 2 heterocycles. The van der Waals surface area contributed by atoms with Crippen molar-refractivity contribution in [2.24, 2.45) is 0 Å². The van der Waals surface area contributed by atoms with Gasteiger partial charge in [0.1, 0.15) is 5.52 Å². The minimum absolute atomic E-state index is 0.575. The number of hydrogen-bond acceptors (Lipinski definition) is 8. The summed E-state index contributed by atoms with van der Waals surface area (Å²) in [5.74, 6) is 0. The molecular weight excluding hydrogens is 296 g/mol. The number of ether oxygens (including phenoxy) is 1. The van der Waals surface area contributed by atoms with E-state index in [2.05, 4.69) is 20.5 Å². The Labute approximate surface area is 123 Å². The van der Waals surface area contributed by atoms with E-state index in [-0.39, 0.29) is 0 Å². The molecule has 6 nitrogen and oxygen atoms in total. The quantitative estimate of drug-likeness (QED) is 0.702. The molecule has 0 spiro atoms. The molecule has 0 radical (unpaired) electrons. The Hall–Kier alpha value is -1.64. The maximum Gasteiger partial charge on any atom is 0.264 e. The van der Waals surface area contributed by atoms with Crippen LogP contribution in [0.2, 0.25) is 0 Å². The fraction of sp³-hybridized carbons (Fsp3) is 0.250. The number of methoxy groups -OCH3 is 1. The van der Waals surface area contributed by atoms with Gasteiger partial charge < -0.3 is 14.5 Å². The van der Waals surface area contributed by atoms with Crippen molar-refractivity contribution in [3.05, 3.63) is 24.3 Å². The van der Waals surface area contributed by atoms with Crippen molar-refractivity contribution in [2.75, 3.05) is 25.6 Å². The summed E-state index contributed by atoms with van der Waals surface area (Å²) in [4.78, 5) is 4.39. The van der Waals surface area contributed by atoms with Crippen LogP contribution in [0.1, 0.15) is 0 Å². The second-order valence-corrected chi connectivity index (χ2v) is 6.02. The van der Waals surface area contributed by atoms with Crippen LogP contribution in [0, 0.1) is 0 Å². The number of rotatable bonds is 6. The van der Waals surface area contributed by atoms with Gasteiger partial charge in [-0.1, -0.05) is 23.5 Å². The van der Waals surface area contributed by atoms with Gasteiger partial charge in [0.05, 0.1) is 6.61 Å². The van der Waals surface area contributed by atoms with E-state index in [0.717, 1.165) is 20.6 Å². The predicted octanol–water partition coefficient (Wildman–Crippen LogP) is 2.89. The summed E-state index contributed by atoms with van der Waals surface area (Å²) in [5.41, 5.74) is 1.62. The lowest BCUT2D eigenvalue weighted by molar-refractivity contribution is 0.211. The van der Waals surface area contributed by atoms with Crippen molar-refractivity contribution in [1.82, 2.24) is 15.2 Å². The van der Waals surface area contributed by atoms with Crippen LogP contribution in [0.4, 0.5) is 5.13 Å². The fourth-order valence-electron chi connectivity index (χ4n) is 1.55. The van der Waals surface area contributed by atoms with Gasteiger partial charge in [-0.05, 0) is 12.1 Å². The third kappa shape index (κ3) is 3.09. The van der Waals surface area contributed by atoms with Crippen LogP contribution in [-0.2, 0) is 4.74 Å². The summed E-state index contributed by atoms with van der Waals surface area (Å²) >= 11 is 2.83. The van der Waals surface area contributed by atoms with Crippen LogP contribution in [0.25, 0.3) is 11.1 Å². The first-order valence-electron chi connectivity index (χ1n) is 5.95. The molecule has 0 bridgehead atoms. The van der Waals surface area contributed by atoms with Gasteiger partial charge >= 0.3 is 0 Å². The summed E-state index contributed by atoms with van der Waals surface area (Å²) in [6, 6.07) is 7.66. The molecule has 0 unspecified atom stereocenters. The molecule has 1 N–H and O–H groups in total. The Bertz CT molecular complexity index is 664. The molecule has 0 amide bonds. The molecule has 2 aromatic heterocycles. The zero-order valence-corrected chi connectivity index (χ0v) is 12.3. The number of nitrogens with zero attached hydrogens (tertiary/aromatic N) is 3. The van der Waals surface area contributed by atoms with E-state index in [9.17, 15) is 0 Å². The van der Waals surface area contributed by atoms with Crippen molar-refractivity contribution < 1.29 is 9.15 Å². The molecule has 0 fully saturated rings. The maximum absolute atomic E-state index is 5.63. The van der Waals surface area contributed by atoms with Crippen LogP contribution in [0.5, 0.6) is 0 Å². The highest BCUT2D eigenvalue weighted by Gasteiger charge is 2.11. The Balaban J connectivity index is 1.68. The zero-order chi connectivity index (χ0) is 13.8. The van der Waals surface area contributed by atoms with E-state index in [1.165, 1.54) is 23.1 Å². The van der Waals surface area contributed by atoms with E-state index in [4.69, 9.17) is 9.15 Å². The SMILES string of the molecule is COCCNc1nnc(Sc2nc3ccccc3o2)s1. The molecule has 8 heteroatoms. The summed E-state index contributed by atoms with van der Waals surface area (Å²) in [5, 5.41) is 12.6. The second-order valence-electron chi connectivity index (χ2n) is 3.84. The van der Waals surface area contributed by atoms with Gasteiger partial charge in [0.2, 0.25) is 5.13 Å². The monoisotopic (exact) mass is 308 g/mol. The number of para-hydroxylation sites is 2. The molecular formula is C12H12N4O2S2. The van der Waals surface area contributed by atoms with Crippen LogP contribution >= 0.6 is 23.1 Å². The number of nitrogens with one attached hydrogen (secondary N) is 1. The van der Waals surface area contributed by atoms with Gasteiger partial charge in [-0.25, -0.2) is 4.98 Å². The number of anilines is 1. The third-order valence-electron chi connectivity index (χ3n) is 2.44. The lowest BCUT2D eigenvalue weighted by Gasteiger charge is -1.98. The molecule has 0 aliphatic carbocycles. The van der Waals surface area contributed by atoms with Crippen molar-refractivity contribution in [3.63, 3.8) is 0 Å². The van der Waals surface area contributed by atoms with Crippen molar-refractivity contribution >= 4 is 39.3 Å². The molecule has 0 saturated heterocycles. The summed E-state index contributed by atoms with van der Waals surface area (Å²) in [6.45, 7) is 1.34. The first kappa shape index (κ1) is 13.3. The molecule has 3 rings (SSSR count). The fourth-order valence-corrected chi connectivity index (χ4v) is 3.18. The first-order valence-corrected chi connectivity index (χ1v) is 7.58. The number of fused-ring (bicyclic) bond motifs is 1. The van der Waals surface area contributed by atoms with E-state index >= 15 is 0 Å². The molecule has 0 saturated carbocycles. The first-order chi connectivity index (χ1) is 9.85. The number of aromatic nitrogens is 3. The average molecular weight is 308 g/mol. The number of oxazole rings is 1. The van der Waals surface area contributed by atoms with Gasteiger partial charge in [0, 0.05) is 25.4 Å². The van der Waals surface area contributed by atoms with Gasteiger partial charge in [0.15, 0.2) is 9.92 Å². The third-order valence-corrected chi connectivity index (χ3v) is 4.22. The van der Waals surface area contributed by atoms with E-state index in [0.29, 0.717) is 18.4 Å². The second kappa shape index (κ2) is 6.21.